The minimum Gasteiger partial charge on any atom is -0.506 e. The van der Waals surface area contributed by atoms with Gasteiger partial charge in [0.05, 0.1) is 5.69 Å². The molecule has 0 aliphatic heterocycles. The Morgan fingerprint density at radius 1 is 1.53 bits per heavy atom. The summed E-state index contributed by atoms with van der Waals surface area (Å²) in [7, 11) is 1.48. The van der Waals surface area contributed by atoms with Crippen LogP contribution >= 0.6 is 0 Å². The quantitative estimate of drug-likeness (QED) is 0.522. The van der Waals surface area contributed by atoms with Crippen LogP contribution in [0.5, 0.6) is 5.75 Å². The van der Waals surface area contributed by atoms with Crippen molar-refractivity contribution in [1.29, 1.82) is 0 Å². The summed E-state index contributed by atoms with van der Waals surface area (Å²) in [5.41, 5.74) is 1.33. The SMILES string of the molecule is COCNC(=O)Nc1cc(C)ccc1O. The number of phenols is 1. The molecule has 3 N–H and O–H groups in total. The number of ether oxygens (including phenoxy) is 1. The predicted octanol–water partition coefficient (Wildman–Crippen LogP) is 1.43. The Morgan fingerprint density at radius 3 is 2.93 bits per heavy atom. The molecule has 0 unspecified atom stereocenters. The van der Waals surface area contributed by atoms with E-state index in [1.165, 1.54) is 13.2 Å². The summed E-state index contributed by atoms with van der Waals surface area (Å²) in [5, 5.41) is 14.4. The van der Waals surface area contributed by atoms with E-state index in [9.17, 15) is 9.90 Å². The van der Waals surface area contributed by atoms with Crippen molar-refractivity contribution >= 4 is 11.7 Å². The van der Waals surface area contributed by atoms with Gasteiger partial charge in [-0.05, 0) is 24.6 Å². The van der Waals surface area contributed by atoms with E-state index in [0.717, 1.165) is 5.56 Å². The summed E-state index contributed by atoms with van der Waals surface area (Å²) in [5.74, 6) is 0.0353. The Bertz CT molecular complexity index is 353. The fourth-order valence-electron chi connectivity index (χ4n) is 1.05. The van der Waals surface area contributed by atoms with Crippen LogP contribution in [0.3, 0.4) is 0 Å². The van der Waals surface area contributed by atoms with Crippen molar-refractivity contribution < 1.29 is 14.6 Å². The average molecular weight is 210 g/mol. The standard InChI is InChI=1S/C10H14N2O3/c1-7-3-4-9(13)8(5-7)12-10(14)11-6-15-2/h3-5,13H,6H2,1-2H3,(H2,11,12,14). The number of carbonyl (C=O) groups is 1. The summed E-state index contributed by atoms with van der Waals surface area (Å²) in [6.45, 7) is 2.00. The van der Waals surface area contributed by atoms with Crippen molar-refractivity contribution in [1.82, 2.24) is 5.32 Å². The summed E-state index contributed by atoms with van der Waals surface area (Å²) in [4.78, 5) is 11.2. The number of urea groups is 1. The number of benzene rings is 1. The second-order valence-electron chi connectivity index (χ2n) is 3.08. The number of carbonyl (C=O) groups excluding carboxylic acids is 1. The average Bonchev–Trinajstić information content (AvgIpc) is 2.20. The van der Waals surface area contributed by atoms with Crippen LogP contribution < -0.4 is 10.6 Å². The lowest BCUT2D eigenvalue weighted by molar-refractivity contribution is 0.177. The molecule has 0 saturated heterocycles. The lowest BCUT2D eigenvalue weighted by atomic mass is 10.2. The van der Waals surface area contributed by atoms with Crippen molar-refractivity contribution in [2.75, 3.05) is 19.2 Å². The highest BCUT2D eigenvalue weighted by atomic mass is 16.5. The van der Waals surface area contributed by atoms with Crippen molar-refractivity contribution in [3.05, 3.63) is 23.8 Å². The number of phenolic OH excluding ortho intramolecular Hbond substituents is 1. The van der Waals surface area contributed by atoms with Crippen LogP contribution in [0.1, 0.15) is 5.56 Å². The van der Waals surface area contributed by atoms with Crippen LogP contribution in [0.2, 0.25) is 0 Å². The van der Waals surface area contributed by atoms with Crippen molar-refractivity contribution in [3.63, 3.8) is 0 Å². The normalized spacial score (nSPS) is 9.73. The first kappa shape index (κ1) is 11.3. The molecule has 2 amide bonds. The molecular weight excluding hydrogens is 196 g/mol. The Kier molecular flexibility index (Phi) is 3.93. The second-order valence-corrected chi connectivity index (χ2v) is 3.08. The van der Waals surface area contributed by atoms with Gasteiger partial charge >= 0.3 is 6.03 Å². The molecule has 0 heterocycles. The largest absolute Gasteiger partial charge is 0.506 e. The first-order valence-electron chi connectivity index (χ1n) is 4.47. The number of hydrogen-bond acceptors (Lipinski definition) is 3. The highest BCUT2D eigenvalue weighted by molar-refractivity contribution is 5.90. The third-order valence-corrected chi connectivity index (χ3v) is 1.78. The number of anilines is 1. The number of aryl methyl sites for hydroxylation is 1. The van der Waals surface area contributed by atoms with Gasteiger partial charge in [-0.15, -0.1) is 0 Å². The van der Waals surface area contributed by atoms with Crippen molar-refractivity contribution in [2.45, 2.75) is 6.92 Å². The van der Waals surface area contributed by atoms with Crippen LogP contribution in [0.4, 0.5) is 10.5 Å². The molecule has 0 aliphatic carbocycles. The fourth-order valence-corrected chi connectivity index (χ4v) is 1.05. The van der Waals surface area contributed by atoms with E-state index in [1.807, 2.05) is 6.92 Å². The number of rotatable bonds is 3. The van der Waals surface area contributed by atoms with Gasteiger partial charge in [0.1, 0.15) is 12.5 Å². The van der Waals surface area contributed by atoms with Gasteiger partial charge in [-0.1, -0.05) is 6.07 Å². The molecule has 0 bridgehead atoms. The number of nitrogens with one attached hydrogen (secondary N) is 2. The van der Waals surface area contributed by atoms with E-state index in [4.69, 9.17) is 0 Å². The topological polar surface area (TPSA) is 70.6 Å². The number of amides is 2. The summed E-state index contributed by atoms with van der Waals surface area (Å²) >= 11 is 0. The molecule has 0 aliphatic rings. The minimum absolute atomic E-state index is 0.0353. The van der Waals surface area contributed by atoms with E-state index >= 15 is 0 Å². The summed E-state index contributed by atoms with van der Waals surface area (Å²) in [6, 6.07) is 4.55. The molecule has 0 spiro atoms. The van der Waals surface area contributed by atoms with Crippen LogP contribution in [-0.4, -0.2) is 25.0 Å². The first-order chi connectivity index (χ1) is 7.13. The van der Waals surface area contributed by atoms with E-state index in [0.29, 0.717) is 5.69 Å². The van der Waals surface area contributed by atoms with Crippen molar-refractivity contribution in [3.8, 4) is 5.75 Å². The van der Waals surface area contributed by atoms with Crippen LogP contribution in [0, 0.1) is 6.92 Å². The Labute approximate surface area is 88.1 Å². The molecule has 0 fully saturated rings. The molecule has 5 heteroatoms. The minimum atomic E-state index is -0.419. The molecule has 1 aromatic rings. The van der Waals surface area contributed by atoms with Gasteiger partial charge in [-0.3, -0.25) is 0 Å². The lowest BCUT2D eigenvalue weighted by Gasteiger charge is -2.08. The molecule has 15 heavy (non-hydrogen) atoms. The molecule has 5 nitrogen and oxygen atoms in total. The number of hydrogen-bond donors (Lipinski definition) is 3. The van der Waals surface area contributed by atoms with Gasteiger partial charge < -0.3 is 20.5 Å². The van der Waals surface area contributed by atoms with Gasteiger partial charge in [0.15, 0.2) is 0 Å². The zero-order chi connectivity index (χ0) is 11.3. The van der Waals surface area contributed by atoms with Gasteiger partial charge in [0.25, 0.3) is 0 Å². The van der Waals surface area contributed by atoms with Crippen LogP contribution in [0.25, 0.3) is 0 Å². The highest BCUT2D eigenvalue weighted by Crippen LogP contribution is 2.23. The molecule has 0 radical (unpaired) electrons. The predicted molar refractivity (Wildman–Crippen MR) is 56.9 cm³/mol. The van der Waals surface area contributed by atoms with E-state index in [1.54, 1.807) is 12.1 Å². The molecule has 1 aromatic carbocycles. The van der Waals surface area contributed by atoms with E-state index < -0.39 is 6.03 Å². The lowest BCUT2D eigenvalue weighted by Crippen LogP contribution is -2.30. The third-order valence-electron chi connectivity index (χ3n) is 1.78. The molecule has 0 saturated carbocycles. The number of methoxy groups -OCH3 is 1. The Morgan fingerprint density at radius 2 is 2.27 bits per heavy atom. The first-order valence-corrected chi connectivity index (χ1v) is 4.47. The maximum atomic E-state index is 11.2. The van der Waals surface area contributed by atoms with Crippen molar-refractivity contribution in [2.24, 2.45) is 0 Å². The maximum absolute atomic E-state index is 11.2. The second kappa shape index (κ2) is 5.21. The highest BCUT2D eigenvalue weighted by Gasteiger charge is 2.05. The summed E-state index contributed by atoms with van der Waals surface area (Å²) in [6.07, 6.45) is 0. The maximum Gasteiger partial charge on any atom is 0.321 e. The van der Waals surface area contributed by atoms with Gasteiger partial charge in [-0.25, -0.2) is 4.79 Å². The van der Waals surface area contributed by atoms with Crippen LogP contribution in [0.15, 0.2) is 18.2 Å². The zero-order valence-corrected chi connectivity index (χ0v) is 8.70. The van der Waals surface area contributed by atoms with Gasteiger partial charge in [-0.2, -0.15) is 0 Å². The molecule has 1 rings (SSSR count). The third kappa shape index (κ3) is 3.47. The number of aromatic hydroxyl groups is 1. The smallest absolute Gasteiger partial charge is 0.321 e. The molecule has 82 valence electrons. The van der Waals surface area contributed by atoms with E-state index in [-0.39, 0.29) is 12.5 Å². The Balaban J connectivity index is 2.63. The zero-order valence-electron chi connectivity index (χ0n) is 8.70. The molecule has 0 aromatic heterocycles. The molecular formula is C10H14N2O3. The molecule has 0 atom stereocenters. The van der Waals surface area contributed by atoms with Crippen LogP contribution in [-0.2, 0) is 4.74 Å². The van der Waals surface area contributed by atoms with E-state index in [2.05, 4.69) is 15.4 Å². The Hall–Kier alpha value is -1.75. The monoisotopic (exact) mass is 210 g/mol. The fraction of sp³-hybridized carbons (Fsp3) is 0.300. The summed E-state index contributed by atoms with van der Waals surface area (Å²) < 4.78 is 4.67. The van der Waals surface area contributed by atoms with Gasteiger partial charge in [0.2, 0.25) is 0 Å². The van der Waals surface area contributed by atoms with Gasteiger partial charge in [0, 0.05) is 7.11 Å².